The molecule has 2 aromatic rings. The second-order valence-corrected chi connectivity index (χ2v) is 5.29. The van der Waals surface area contributed by atoms with Crippen LogP contribution >= 0.6 is 27.5 Å². The summed E-state index contributed by atoms with van der Waals surface area (Å²) < 4.78 is 13.5. The summed E-state index contributed by atoms with van der Waals surface area (Å²) in [5.41, 5.74) is 1.38. The fourth-order valence-corrected chi connectivity index (χ4v) is 2.29. The van der Waals surface area contributed by atoms with Crippen molar-refractivity contribution < 1.29 is 9.31 Å². The van der Waals surface area contributed by atoms with Gasteiger partial charge in [0.25, 0.3) is 5.69 Å². The van der Waals surface area contributed by atoms with Crippen molar-refractivity contribution in [2.45, 2.75) is 6.54 Å². The lowest BCUT2D eigenvalue weighted by atomic mass is 10.2. The summed E-state index contributed by atoms with van der Waals surface area (Å²) in [6, 6.07) is 9.07. The maximum Gasteiger partial charge on any atom is 0.288 e. The van der Waals surface area contributed by atoms with Gasteiger partial charge in [-0.1, -0.05) is 17.7 Å². The molecule has 0 amide bonds. The summed E-state index contributed by atoms with van der Waals surface area (Å²) in [6.07, 6.45) is 0. The van der Waals surface area contributed by atoms with Gasteiger partial charge in [0.2, 0.25) is 0 Å². The summed E-state index contributed by atoms with van der Waals surface area (Å²) in [5, 5.41) is 13.8. The summed E-state index contributed by atoms with van der Waals surface area (Å²) in [6.45, 7) is 0.451. The predicted molar refractivity (Wildman–Crippen MR) is 79.5 cm³/mol. The van der Waals surface area contributed by atoms with E-state index in [4.69, 9.17) is 11.6 Å². The van der Waals surface area contributed by atoms with Gasteiger partial charge in [-0.15, -0.1) is 0 Å². The molecular weight excluding hydrogens is 351 g/mol. The minimum atomic E-state index is -0.538. The van der Waals surface area contributed by atoms with Crippen LogP contribution in [0, 0.1) is 15.9 Å². The maximum atomic E-state index is 13.1. The van der Waals surface area contributed by atoms with Crippen LogP contribution in [0.5, 0.6) is 0 Å². The highest BCUT2D eigenvalue weighted by atomic mass is 79.9. The van der Waals surface area contributed by atoms with E-state index in [0.29, 0.717) is 16.7 Å². The number of nitro benzene ring substituents is 1. The third kappa shape index (κ3) is 3.46. The van der Waals surface area contributed by atoms with Crippen LogP contribution in [0.4, 0.5) is 15.8 Å². The van der Waals surface area contributed by atoms with E-state index >= 15 is 0 Å². The third-order valence-electron chi connectivity index (χ3n) is 2.63. The number of nitro groups is 1. The Morgan fingerprint density at radius 3 is 2.65 bits per heavy atom. The molecule has 0 aliphatic rings. The van der Waals surface area contributed by atoms with Gasteiger partial charge in [-0.2, -0.15) is 0 Å². The molecule has 104 valence electrons. The van der Waals surface area contributed by atoms with Gasteiger partial charge in [0.15, 0.2) is 0 Å². The maximum absolute atomic E-state index is 13.1. The van der Waals surface area contributed by atoms with Crippen LogP contribution in [-0.2, 0) is 6.54 Å². The minimum absolute atomic E-state index is 0.0697. The Morgan fingerprint density at radius 2 is 2.05 bits per heavy atom. The Morgan fingerprint density at radius 1 is 1.30 bits per heavy atom. The van der Waals surface area contributed by atoms with E-state index in [1.807, 2.05) is 0 Å². The number of nitrogens with one attached hydrogen (secondary N) is 1. The molecular formula is C13H9BrClFN2O2. The van der Waals surface area contributed by atoms with E-state index < -0.39 is 4.92 Å². The number of halogens is 3. The van der Waals surface area contributed by atoms with Gasteiger partial charge in [-0.3, -0.25) is 10.1 Å². The molecule has 0 saturated heterocycles. The van der Waals surface area contributed by atoms with Crippen LogP contribution in [0.25, 0.3) is 0 Å². The lowest BCUT2D eigenvalue weighted by molar-refractivity contribution is -0.384. The summed E-state index contributed by atoms with van der Waals surface area (Å²) >= 11 is 8.92. The second-order valence-electron chi connectivity index (χ2n) is 4.03. The Kier molecular flexibility index (Phi) is 4.57. The van der Waals surface area contributed by atoms with Crippen LogP contribution < -0.4 is 5.32 Å². The first-order valence-electron chi connectivity index (χ1n) is 5.59. The van der Waals surface area contributed by atoms with Crippen molar-refractivity contribution in [3.05, 3.63) is 67.4 Å². The van der Waals surface area contributed by atoms with E-state index in [9.17, 15) is 14.5 Å². The van der Waals surface area contributed by atoms with Gasteiger partial charge < -0.3 is 5.32 Å². The van der Waals surface area contributed by atoms with Crippen molar-refractivity contribution in [1.29, 1.82) is 0 Å². The van der Waals surface area contributed by atoms with Crippen LogP contribution in [0.15, 0.2) is 40.9 Å². The molecule has 0 heterocycles. The van der Waals surface area contributed by atoms with Gasteiger partial charge in [0, 0.05) is 18.3 Å². The monoisotopic (exact) mass is 358 g/mol. The minimum Gasteiger partial charge on any atom is -0.381 e. The Bertz CT molecular complexity index is 667. The lowest BCUT2D eigenvalue weighted by Crippen LogP contribution is -2.00. The molecule has 0 saturated carbocycles. The summed E-state index contributed by atoms with van der Waals surface area (Å²) in [5.74, 6) is -0.327. The van der Waals surface area contributed by atoms with Crippen molar-refractivity contribution in [1.82, 2.24) is 0 Å². The first-order chi connectivity index (χ1) is 9.47. The largest absolute Gasteiger partial charge is 0.381 e. The quantitative estimate of drug-likeness (QED) is 0.632. The molecule has 2 rings (SSSR count). The highest BCUT2D eigenvalue weighted by Gasteiger charge is 2.11. The Balaban J connectivity index is 2.09. The molecule has 0 aliphatic carbocycles. The first-order valence-corrected chi connectivity index (χ1v) is 6.76. The molecule has 0 unspecified atom stereocenters. The lowest BCUT2D eigenvalue weighted by Gasteiger charge is -2.08. The van der Waals surface area contributed by atoms with Gasteiger partial charge in [0.1, 0.15) is 10.8 Å². The molecule has 0 atom stereocenters. The van der Waals surface area contributed by atoms with Crippen molar-refractivity contribution >= 4 is 38.9 Å². The zero-order chi connectivity index (χ0) is 14.7. The molecule has 7 heteroatoms. The molecule has 4 nitrogen and oxygen atoms in total. The number of anilines is 1. The molecule has 0 aromatic heterocycles. The molecule has 2 aromatic carbocycles. The molecule has 0 bridgehead atoms. The van der Waals surface area contributed by atoms with E-state index in [1.165, 1.54) is 18.2 Å². The molecule has 0 spiro atoms. The number of nitrogens with zero attached hydrogens (tertiary/aromatic N) is 1. The predicted octanol–water partition coefficient (Wildman–Crippen LogP) is 4.76. The molecule has 0 aliphatic heterocycles. The standard InChI is InChI=1S/C13H9BrClFN2O2/c14-10-5-8(1-3-12(10)16)7-17-9-2-4-13(18(19)20)11(15)6-9/h1-6,17H,7H2. The topological polar surface area (TPSA) is 55.2 Å². The fourth-order valence-electron chi connectivity index (χ4n) is 1.62. The van der Waals surface area contributed by atoms with E-state index in [0.717, 1.165) is 5.56 Å². The van der Waals surface area contributed by atoms with Crippen LogP contribution in [-0.4, -0.2) is 4.92 Å². The highest BCUT2D eigenvalue weighted by Crippen LogP contribution is 2.27. The fraction of sp³-hybridized carbons (Fsp3) is 0.0769. The molecule has 1 N–H and O–H groups in total. The number of benzene rings is 2. The smallest absolute Gasteiger partial charge is 0.288 e. The highest BCUT2D eigenvalue weighted by molar-refractivity contribution is 9.10. The van der Waals surface area contributed by atoms with Crippen molar-refractivity contribution in [2.24, 2.45) is 0 Å². The first kappa shape index (κ1) is 14.7. The van der Waals surface area contributed by atoms with E-state index in [-0.39, 0.29) is 16.5 Å². The molecule has 0 fully saturated rings. The number of rotatable bonds is 4. The van der Waals surface area contributed by atoms with Gasteiger partial charge in [-0.05, 0) is 45.8 Å². The van der Waals surface area contributed by atoms with Gasteiger partial charge in [0.05, 0.1) is 9.40 Å². The molecule has 20 heavy (non-hydrogen) atoms. The summed E-state index contributed by atoms with van der Waals surface area (Å²) in [4.78, 5) is 10.1. The zero-order valence-electron chi connectivity index (χ0n) is 10.1. The van der Waals surface area contributed by atoms with Crippen LogP contribution in [0.2, 0.25) is 5.02 Å². The van der Waals surface area contributed by atoms with E-state index in [1.54, 1.807) is 18.2 Å². The second kappa shape index (κ2) is 6.19. The normalized spacial score (nSPS) is 10.3. The van der Waals surface area contributed by atoms with E-state index in [2.05, 4.69) is 21.2 Å². The average Bonchev–Trinajstić information content (AvgIpc) is 2.40. The van der Waals surface area contributed by atoms with Crippen LogP contribution in [0.1, 0.15) is 5.56 Å². The van der Waals surface area contributed by atoms with Gasteiger partial charge >= 0.3 is 0 Å². The van der Waals surface area contributed by atoms with Gasteiger partial charge in [-0.25, -0.2) is 4.39 Å². The molecule has 0 radical (unpaired) electrons. The Hall–Kier alpha value is -1.66. The number of hydrogen-bond acceptors (Lipinski definition) is 3. The average molecular weight is 360 g/mol. The summed E-state index contributed by atoms with van der Waals surface area (Å²) in [7, 11) is 0. The van der Waals surface area contributed by atoms with Crippen molar-refractivity contribution in [3.63, 3.8) is 0 Å². The third-order valence-corrected chi connectivity index (χ3v) is 3.54. The van der Waals surface area contributed by atoms with Crippen molar-refractivity contribution in [2.75, 3.05) is 5.32 Å². The SMILES string of the molecule is O=[N+]([O-])c1ccc(NCc2ccc(F)c(Br)c2)cc1Cl. The van der Waals surface area contributed by atoms with Crippen LogP contribution in [0.3, 0.4) is 0 Å². The number of hydrogen-bond donors (Lipinski definition) is 1. The van der Waals surface area contributed by atoms with Crippen molar-refractivity contribution in [3.8, 4) is 0 Å². The Labute approximate surface area is 127 Å². The zero-order valence-corrected chi connectivity index (χ0v) is 12.4.